The Balaban J connectivity index is 2.52. The third-order valence-corrected chi connectivity index (χ3v) is 2.26. The van der Waals surface area contributed by atoms with Crippen LogP contribution in [0.25, 0.3) is 11.4 Å². The third kappa shape index (κ3) is 1.73. The largest absolute Gasteiger partial charge is 0.253 e. The predicted octanol–water partition coefficient (Wildman–Crippen LogP) is 2.89. The van der Waals surface area contributed by atoms with Gasteiger partial charge in [-0.2, -0.15) is 5.10 Å². The molecule has 0 fully saturated rings. The number of H-pyrrole nitrogens is 1. The summed E-state index contributed by atoms with van der Waals surface area (Å²) in [7, 11) is 0. The number of halogens is 2. The average Bonchev–Trinajstić information content (AvgIpc) is 2.53. The standard InChI is InChI=1S/C8H5BrClN3/c9-8-11-7(12-13-8)5-3-1-2-4-6(5)10/h1-4H,(H,11,12,13). The summed E-state index contributed by atoms with van der Waals surface area (Å²) in [4.78, 5) is 4.11. The van der Waals surface area contributed by atoms with Crippen molar-refractivity contribution in [2.24, 2.45) is 0 Å². The van der Waals surface area contributed by atoms with Crippen LogP contribution in [0.3, 0.4) is 0 Å². The molecule has 5 heteroatoms. The zero-order valence-electron chi connectivity index (χ0n) is 6.46. The van der Waals surface area contributed by atoms with Crippen LogP contribution in [-0.4, -0.2) is 15.2 Å². The van der Waals surface area contributed by atoms with Gasteiger partial charge < -0.3 is 0 Å². The quantitative estimate of drug-likeness (QED) is 0.854. The lowest BCUT2D eigenvalue weighted by Gasteiger charge is -1.96. The Morgan fingerprint density at radius 3 is 2.69 bits per heavy atom. The first-order valence-electron chi connectivity index (χ1n) is 3.60. The first-order chi connectivity index (χ1) is 6.27. The van der Waals surface area contributed by atoms with Crippen LogP contribution in [-0.2, 0) is 0 Å². The third-order valence-electron chi connectivity index (χ3n) is 1.57. The van der Waals surface area contributed by atoms with Gasteiger partial charge in [0.15, 0.2) is 10.6 Å². The number of hydrogen-bond acceptors (Lipinski definition) is 2. The van der Waals surface area contributed by atoms with E-state index in [2.05, 4.69) is 31.1 Å². The number of rotatable bonds is 1. The topological polar surface area (TPSA) is 41.6 Å². The van der Waals surface area contributed by atoms with Gasteiger partial charge in [0, 0.05) is 5.56 Å². The van der Waals surface area contributed by atoms with E-state index >= 15 is 0 Å². The van der Waals surface area contributed by atoms with E-state index in [1.807, 2.05) is 18.2 Å². The number of hydrogen-bond donors (Lipinski definition) is 1. The zero-order chi connectivity index (χ0) is 9.26. The van der Waals surface area contributed by atoms with E-state index in [0.717, 1.165) is 5.56 Å². The molecule has 0 radical (unpaired) electrons. The number of nitrogens with one attached hydrogen (secondary N) is 1. The molecule has 0 saturated carbocycles. The van der Waals surface area contributed by atoms with Gasteiger partial charge in [-0.25, -0.2) is 4.98 Å². The van der Waals surface area contributed by atoms with Gasteiger partial charge in [0.25, 0.3) is 0 Å². The second kappa shape index (κ2) is 3.47. The second-order valence-corrected chi connectivity index (χ2v) is 3.59. The smallest absolute Gasteiger partial charge is 0.193 e. The van der Waals surface area contributed by atoms with Crippen molar-refractivity contribution >= 4 is 27.5 Å². The highest BCUT2D eigenvalue weighted by Crippen LogP contribution is 2.24. The first-order valence-corrected chi connectivity index (χ1v) is 4.77. The molecule has 0 saturated heterocycles. The molecule has 0 aliphatic heterocycles. The molecule has 1 heterocycles. The van der Waals surface area contributed by atoms with Gasteiger partial charge in [-0.15, -0.1) is 0 Å². The number of benzene rings is 1. The molecule has 3 nitrogen and oxygen atoms in total. The Hall–Kier alpha value is -0.870. The van der Waals surface area contributed by atoms with Gasteiger partial charge in [-0.1, -0.05) is 23.7 Å². The highest BCUT2D eigenvalue weighted by molar-refractivity contribution is 9.10. The number of aromatic nitrogens is 3. The molecule has 0 bridgehead atoms. The summed E-state index contributed by atoms with van der Waals surface area (Å²) < 4.78 is 0.599. The minimum absolute atomic E-state index is 0.595. The van der Waals surface area contributed by atoms with Gasteiger partial charge in [0.05, 0.1) is 5.02 Å². The van der Waals surface area contributed by atoms with E-state index in [9.17, 15) is 0 Å². The van der Waals surface area contributed by atoms with Crippen LogP contribution in [0.5, 0.6) is 0 Å². The van der Waals surface area contributed by atoms with Crippen LogP contribution in [0.1, 0.15) is 0 Å². The molecular weight excluding hydrogens is 253 g/mol. The van der Waals surface area contributed by atoms with Gasteiger partial charge in [-0.3, -0.25) is 5.10 Å². The van der Waals surface area contributed by atoms with Crippen molar-refractivity contribution in [2.75, 3.05) is 0 Å². The van der Waals surface area contributed by atoms with Crippen molar-refractivity contribution in [2.45, 2.75) is 0 Å². The fraction of sp³-hybridized carbons (Fsp3) is 0. The minimum atomic E-state index is 0.595. The lowest BCUT2D eigenvalue weighted by Crippen LogP contribution is -1.81. The van der Waals surface area contributed by atoms with E-state index in [1.165, 1.54) is 0 Å². The monoisotopic (exact) mass is 257 g/mol. The maximum Gasteiger partial charge on any atom is 0.193 e. The molecule has 2 rings (SSSR count). The van der Waals surface area contributed by atoms with Crippen molar-refractivity contribution in [3.8, 4) is 11.4 Å². The van der Waals surface area contributed by atoms with Crippen molar-refractivity contribution < 1.29 is 0 Å². The van der Waals surface area contributed by atoms with E-state index in [4.69, 9.17) is 11.6 Å². The van der Waals surface area contributed by atoms with E-state index in [1.54, 1.807) is 6.07 Å². The van der Waals surface area contributed by atoms with Crippen LogP contribution in [0, 0.1) is 0 Å². The van der Waals surface area contributed by atoms with Crippen LogP contribution in [0.4, 0.5) is 0 Å². The second-order valence-electron chi connectivity index (χ2n) is 2.43. The highest BCUT2D eigenvalue weighted by atomic mass is 79.9. The first kappa shape index (κ1) is 8.72. The molecule has 1 aromatic heterocycles. The molecule has 0 amide bonds. The summed E-state index contributed by atoms with van der Waals surface area (Å²) in [6.07, 6.45) is 0. The van der Waals surface area contributed by atoms with Gasteiger partial charge >= 0.3 is 0 Å². The SMILES string of the molecule is Clc1ccccc1-c1n[nH]c(Br)n1. The zero-order valence-corrected chi connectivity index (χ0v) is 8.80. The fourth-order valence-electron chi connectivity index (χ4n) is 1.01. The van der Waals surface area contributed by atoms with Crippen molar-refractivity contribution in [3.63, 3.8) is 0 Å². The van der Waals surface area contributed by atoms with E-state index in [-0.39, 0.29) is 0 Å². The van der Waals surface area contributed by atoms with Crippen LogP contribution < -0.4 is 0 Å². The molecule has 1 aromatic carbocycles. The Kier molecular flexibility index (Phi) is 2.33. The Bertz CT molecular complexity index is 427. The molecule has 0 unspecified atom stereocenters. The highest BCUT2D eigenvalue weighted by Gasteiger charge is 2.06. The molecule has 0 spiro atoms. The van der Waals surface area contributed by atoms with E-state index < -0.39 is 0 Å². The summed E-state index contributed by atoms with van der Waals surface area (Å²) in [5.41, 5.74) is 0.825. The summed E-state index contributed by atoms with van der Waals surface area (Å²) in [5.74, 6) is 0.595. The van der Waals surface area contributed by atoms with Gasteiger partial charge in [0.1, 0.15) is 0 Å². The lowest BCUT2D eigenvalue weighted by molar-refractivity contribution is 1.07. The summed E-state index contributed by atoms with van der Waals surface area (Å²) in [6.45, 7) is 0. The van der Waals surface area contributed by atoms with Crippen molar-refractivity contribution in [1.82, 2.24) is 15.2 Å². The summed E-state index contributed by atoms with van der Waals surface area (Å²) in [6, 6.07) is 7.44. The summed E-state index contributed by atoms with van der Waals surface area (Å²) >= 11 is 9.14. The molecular formula is C8H5BrClN3. The molecule has 0 aliphatic carbocycles. The van der Waals surface area contributed by atoms with Crippen molar-refractivity contribution in [1.29, 1.82) is 0 Å². The molecule has 0 aliphatic rings. The maximum atomic E-state index is 5.96. The predicted molar refractivity (Wildman–Crippen MR) is 54.5 cm³/mol. The van der Waals surface area contributed by atoms with Crippen LogP contribution >= 0.6 is 27.5 Å². The van der Waals surface area contributed by atoms with Crippen molar-refractivity contribution in [3.05, 3.63) is 34.0 Å². The molecule has 13 heavy (non-hydrogen) atoms. The van der Waals surface area contributed by atoms with Crippen LogP contribution in [0.15, 0.2) is 29.0 Å². The molecule has 0 atom stereocenters. The Labute approximate surface area is 88.3 Å². The normalized spacial score (nSPS) is 10.3. The fourth-order valence-corrected chi connectivity index (χ4v) is 1.48. The van der Waals surface area contributed by atoms with Gasteiger partial charge in [0.2, 0.25) is 0 Å². The number of aromatic amines is 1. The maximum absolute atomic E-state index is 5.96. The minimum Gasteiger partial charge on any atom is -0.253 e. The Morgan fingerprint density at radius 1 is 1.31 bits per heavy atom. The molecule has 66 valence electrons. The number of nitrogens with zero attached hydrogens (tertiary/aromatic N) is 2. The molecule has 1 N–H and O–H groups in total. The Morgan fingerprint density at radius 2 is 2.08 bits per heavy atom. The van der Waals surface area contributed by atoms with E-state index in [0.29, 0.717) is 15.6 Å². The lowest BCUT2D eigenvalue weighted by atomic mass is 10.2. The molecule has 2 aromatic rings. The van der Waals surface area contributed by atoms with Gasteiger partial charge in [-0.05, 0) is 28.1 Å². The van der Waals surface area contributed by atoms with Crippen LogP contribution in [0.2, 0.25) is 5.02 Å². The summed E-state index contributed by atoms with van der Waals surface area (Å²) in [5, 5.41) is 7.32. The average molecular weight is 259 g/mol.